The number of benzene rings is 1. The molecule has 0 aliphatic carbocycles. The van der Waals surface area contributed by atoms with Crippen LogP contribution in [-0.4, -0.2) is 61.7 Å². The fourth-order valence-electron chi connectivity index (χ4n) is 3.56. The lowest BCUT2D eigenvalue weighted by atomic mass is 10.2. The zero-order valence-corrected chi connectivity index (χ0v) is 16.8. The Morgan fingerprint density at radius 3 is 2.48 bits per heavy atom. The molecule has 1 amide bonds. The van der Waals surface area contributed by atoms with E-state index >= 15 is 0 Å². The van der Waals surface area contributed by atoms with Gasteiger partial charge in [-0.25, -0.2) is 9.78 Å². The van der Waals surface area contributed by atoms with Crippen molar-refractivity contribution < 1.29 is 9.53 Å². The second-order valence-electron chi connectivity index (χ2n) is 7.20. The van der Waals surface area contributed by atoms with Crippen LogP contribution in [0.3, 0.4) is 0 Å². The third-order valence-corrected chi connectivity index (χ3v) is 5.23. The summed E-state index contributed by atoms with van der Waals surface area (Å²) in [6.45, 7) is 2.63. The van der Waals surface area contributed by atoms with Gasteiger partial charge in [-0.1, -0.05) is 30.3 Å². The molecule has 0 unspecified atom stereocenters. The number of hydrogen-bond donors (Lipinski definition) is 0. The Kier molecular flexibility index (Phi) is 5.14. The van der Waals surface area contributed by atoms with Gasteiger partial charge in [-0.05, 0) is 23.8 Å². The van der Waals surface area contributed by atoms with Crippen molar-refractivity contribution in [3.05, 3.63) is 72.7 Å². The van der Waals surface area contributed by atoms with E-state index in [0.717, 1.165) is 16.8 Å². The summed E-state index contributed by atoms with van der Waals surface area (Å²) in [6, 6.07) is 15.4. The topological polar surface area (TPSA) is 88.8 Å². The molecule has 0 bridgehead atoms. The number of pyridine rings is 1. The number of piperazine rings is 1. The summed E-state index contributed by atoms with van der Waals surface area (Å²) in [4.78, 5) is 29.2. The molecule has 5 rings (SSSR count). The number of nitrogens with zero attached hydrogens (tertiary/aromatic N) is 7. The van der Waals surface area contributed by atoms with Crippen LogP contribution < -0.4 is 4.90 Å². The van der Waals surface area contributed by atoms with Crippen molar-refractivity contribution >= 4 is 17.8 Å². The van der Waals surface area contributed by atoms with E-state index in [9.17, 15) is 4.79 Å². The molecule has 0 spiro atoms. The van der Waals surface area contributed by atoms with E-state index in [1.165, 1.54) is 0 Å². The van der Waals surface area contributed by atoms with Crippen LogP contribution in [0.5, 0.6) is 0 Å². The number of ether oxygens (including phenoxy) is 1. The predicted octanol–water partition coefficient (Wildman–Crippen LogP) is 2.65. The molecule has 4 heterocycles. The molecule has 0 N–H and O–H groups in total. The minimum absolute atomic E-state index is 0.275. The van der Waals surface area contributed by atoms with Crippen molar-refractivity contribution in [2.75, 3.05) is 31.1 Å². The lowest BCUT2D eigenvalue weighted by Crippen LogP contribution is -2.49. The van der Waals surface area contributed by atoms with Crippen LogP contribution in [0.2, 0.25) is 0 Å². The van der Waals surface area contributed by atoms with Gasteiger partial charge in [-0.2, -0.15) is 9.50 Å². The molecule has 0 atom stereocenters. The van der Waals surface area contributed by atoms with Crippen LogP contribution in [0.1, 0.15) is 5.56 Å². The van der Waals surface area contributed by atoms with E-state index in [-0.39, 0.29) is 12.7 Å². The van der Waals surface area contributed by atoms with E-state index < -0.39 is 0 Å². The number of rotatable bonds is 4. The lowest BCUT2D eigenvalue weighted by molar-refractivity contribution is 0.0941. The first-order valence-electron chi connectivity index (χ1n) is 10.1. The van der Waals surface area contributed by atoms with Crippen molar-refractivity contribution in [1.82, 2.24) is 29.5 Å². The predicted molar refractivity (Wildman–Crippen MR) is 114 cm³/mol. The third-order valence-electron chi connectivity index (χ3n) is 5.23. The van der Waals surface area contributed by atoms with Crippen LogP contribution >= 0.6 is 0 Å². The number of amides is 1. The number of fused-ring (bicyclic) bond motifs is 1. The molecule has 9 nitrogen and oxygen atoms in total. The highest BCUT2D eigenvalue weighted by Crippen LogP contribution is 2.20. The van der Waals surface area contributed by atoms with E-state index in [0.29, 0.717) is 37.9 Å². The number of carbonyl (C=O) groups excluding carboxylic acids is 1. The molecule has 1 fully saturated rings. The van der Waals surface area contributed by atoms with Gasteiger partial charge < -0.3 is 14.5 Å². The normalized spacial score (nSPS) is 14.1. The first-order chi connectivity index (χ1) is 15.3. The van der Waals surface area contributed by atoms with Gasteiger partial charge >= 0.3 is 6.09 Å². The largest absolute Gasteiger partial charge is 0.445 e. The average Bonchev–Trinajstić information content (AvgIpc) is 3.28. The molecule has 1 aliphatic heterocycles. The molecule has 1 aromatic carbocycles. The van der Waals surface area contributed by atoms with E-state index in [4.69, 9.17) is 4.74 Å². The maximum absolute atomic E-state index is 12.4. The molecular weight excluding hydrogens is 394 g/mol. The Balaban J connectivity index is 1.25. The van der Waals surface area contributed by atoms with Gasteiger partial charge in [0.2, 0.25) is 5.95 Å². The quantitative estimate of drug-likeness (QED) is 0.506. The highest BCUT2D eigenvalue weighted by atomic mass is 16.6. The molecule has 0 saturated carbocycles. The van der Waals surface area contributed by atoms with E-state index in [2.05, 4.69) is 25.0 Å². The van der Waals surface area contributed by atoms with Gasteiger partial charge in [0, 0.05) is 50.3 Å². The zero-order chi connectivity index (χ0) is 21.0. The van der Waals surface area contributed by atoms with Gasteiger partial charge in [0.25, 0.3) is 5.78 Å². The molecular formula is C22H21N7O2. The number of anilines is 1. The van der Waals surface area contributed by atoms with Gasteiger partial charge in [-0.15, -0.1) is 5.10 Å². The molecule has 0 radical (unpaired) electrons. The van der Waals surface area contributed by atoms with Crippen LogP contribution in [-0.2, 0) is 11.3 Å². The third kappa shape index (κ3) is 4.02. The van der Waals surface area contributed by atoms with Crippen molar-refractivity contribution in [2.24, 2.45) is 0 Å². The minimum Gasteiger partial charge on any atom is -0.445 e. The second-order valence-corrected chi connectivity index (χ2v) is 7.20. The summed E-state index contributed by atoms with van der Waals surface area (Å²) in [5.74, 6) is 1.14. The fourth-order valence-corrected chi connectivity index (χ4v) is 3.56. The average molecular weight is 415 g/mol. The molecule has 1 saturated heterocycles. The minimum atomic E-state index is -0.298. The molecule has 3 aromatic heterocycles. The maximum atomic E-state index is 12.4. The van der Waals surface area contributed by atoms with Crippen LogP contribution in [0.4, 0.5) is 10.7 Å². The number of carbonyl (C=O) groups is 1. The Morgan fingerprint density at radius 1 is 0.935 bits per heavy atom. The Hall–Kier alpha value is -4.01. The molecule has 4 aromatic rings. The Morgan fingerprint density at radius 2 is 1.71 bits per heavy atom. The maximum Gasteiger partial charge on any atom is 0.410 e. The van der Waals surface area contributed by atoms with Crippen molar-refractivity contribution in [1.29, 1.82) is 0 Å². The summed E-state index contributed by atoms with van der Waals surface area (Å²) in [6.07, 6.45) is 4.92. The Bertz CT molecular complexity index is 1170. The first-order valence-corrected chi connectivity index (χ1v) is 10.1. The van der Waals surface area contributed by atoms with Crippen molar-refractivity contribution in [3.8, 4) is 11.3 Å². The summed E-state index contributed by atoms with van der Waals surface area (Å²) < 4.78 is 7.18. The Labute approximate surface area is 178 Å². The second kappa shape index (κ2) is 8.39. The number of hydrogen-bond acceptors (Lipinski definition) is 7. The smallest absolute Gasteiger partial charge is 0.410 e. The highest BCUT2D eigenvalue weighted by Gasteiger charge is 2.25. The molecule has 9 heteroatoms. The van der Waals surface area contributed by atoms with Gasteiger partial charge in [-0.3, -0.25) is 4.98 Å². The monoisotopic (exact) mass is 415 g/mol. The van der Waals surface area contributed by atoms with E-state index in [1.54, 1.807) is 28.0 Å². The van der Waals surface area contributed by atoms with Crippen LogP contribution in [0.15, 0.2) is 67.1 Å². The van der Waals surface area contributed by atoms with Gasteiger partial charge in [0.15, 0.2) is 0 Å². The molecule has 31 heavy (non-hydrogen) atoms. The standard InChI is InChI=1S/C22H21N7O2/c30-22(31-16-17-4-2-1-3-5-17)28-14-12-27(13-15-28)21-25-20-24-11-8-19(29(20)26-21)18-6-9-23-10-7-18/h1-11H,12-16H2. The van der Waals surface area contributed by atoms with Crippen LogP contribution in [0.25, 0.3) is 17.0 Å². The molecule has 1 aliphatic rings. The fraction of sp³-hybridized carbons (Fsp3) is 0.227. The summed E-state index contributed by atoms with van der Waals surface area (Å²) >= 11 is 0. The lowest BCUT2D eigenvalue weighted by Gasteiger charge is -2.33. The van der Waals surface area contributed by atoms with Crippen LogP contribution in [0, 0.1) is 0 Å². The number of aromatic nitrogens is 5. The van der Waals surface area contributed by atoms with E-state index in [1.807, 2.05) is 48.5 Å². The summed E-state index contributed by atoms with van der Waals surface area (Å²) in [5, 5.41) is 4.67. The van der Waals surface area contributed by atoms with Gasteiger partial charge in [0.05, 0.1) is 5.69 Å². The summed E-state index contributed by atoms with van der Waals surface area (Å²) in [5.41, 5.74) is 2.86. The first kappa shape index (κ1) is 19.0. The molecule has 156 valence electrons. The summed E-state index contributed by atoms with van der Waals surface area (Å²) in [7, 11) is 0. The zero-order valence-electron chi connectivity index (χ0n) is 16.8. The SMILES string of the molecule is O=C(OCc1ccccc1)N1CCN(c2nc3nccc(-c4ccncc4)n3n2)CC1. The highest BCUT2D eigenvalue weighted by molar-refractivity contribution is 5.68. The van der Waals surface area contributed by atoms with Gasteiger partial charge in [0.1, 0.15) is 6.61 Å². The van der Waals surface area contributed by atoms with Crippen molar-refractivity contribution in [2.45, 2.75) is 6.61 Å². The van der Waals surface area contributed by atoms with Crippen molar-refractivity contribution in [3.63, 3.8) is 0 Å².